The Hall–Kier alpha value is -2.37. The van der Waals surface area contributed by atoms with Crippen LogP contribution < -0.4 is 10.1 Å². The zero-order chi connectivity index (χ0) is 17.7. The average Bonchev–Trinajstić information content (AvgIpc) is 3.02. The lowest BCUT2D eigenvalue weighted by Crippen LogP contribution is -2.51. The molecule has 1 aliphatic carbocycles. The number of amides is 1. The van der Waals surface area contributed by atoms with Crippen molar-refractivity contribution in [3.8, 4) is 5.75 Å². The van der Waals surface area contributed by atoms with E-state index in [0.717, 1.165) is 44.3 Å². The first-order valence-corrected chi connectivity index (χ1v) is 8.86. The number of hydrogen-bond donors (Lipinski definition) is 1. The highest BCUT2D eigenvalue weighted by Gasteiger charge is 2.43. The van der Waals surface area contributed by atoms with Gasteiger partial charge < -0.3 is 14.6 Å². The number of aromatic nitrogens is 2. The average molecular weight is 343 g/mol. The van der Waals surface area contributed by atoms with Gasteiger partial charge >= 0.3 is 0 Å². The summed E-state index contributed by atoms with van der Waals surface area (Å²) in [5.74, 6) is 2.08. The van der Waals surface area contributed by atoms with Gasteiger partial charge in [0, 0.05) is 13.3 Å². The highest BCUT2D eigenvalue weighted by molar-refractivity contribution is 5.77. The van der Waals surface area contributed by atoms with Crippen molar-refractivity contribution in [2.75, 3.05) is 7.11 Å². The molecule has 0 saturated heterocycles. The van der Waals surface area contributed by atoms with Crippen LogP contribution in [0.25, 0.3) is 0 Å². The topological polar surface area (TPSA) is 77.2 Å². The maximum absolute atomic E-state index is 12.3. The van der Waals surface area contributed by atoms with Crippen LogP contribution in [0.1, 0.15) is 55.8 Å². The fourth-order valence-corrected chi connectivity index (χ4v) is 3.16. The fraction of sp³-hybridized carbons (Fsp3) is 0.526. The van der Waals surface area contributed by atoms with Crippen LogP contribution in [-0.4, -0.2) is 23.2 Å². The van der Waals surface area contributed by atoms with E-state index in [1.807, 2.05) is 12.1 Å². The molecule has 1 fully saturated rings. The van der Waals surface area contributed by atoms with Crippen LogP contribution in [0.5, 0.6) is 5.75 Å². The lowest BCUT2D eigenvalue weighted by atomic mass is 9.76. The lowest BCUT2D eigenvalue weighted by molar-refractivity contribution is -0.124. The number of unbranched alkanes of at least 4 members (excludes halogenated alkanes) is 1. The molecule has 0 radical (unpaired) electrons. The highest BCUT2D eigenvalue weighted by Crippen LogP contribution is 2.39. The number of nitrogens with zero attached hydrogens (tertiary/aromatic N) is 2. The molecule has 1 aromatic carbocycles. The van der Waals surface area contributed by atoms with Gasteiger partial charge in [-0.25, -0.2) is 0 Å². The molecule has 1 aromatic heterocycles. The van der Waals surface area contributed by atoms with Gasteiger partial charge in [-0.15, -0.1) is 0 Å². The molecule has 3 rings (SSSR count). The third-order valence-electron chi connectivity index (χ3n) is 4.82. The number of benzene rings is 1. The molecule has 1 heterocycles. The van der Waals surface area contributed by atoms with Crippen molar-refractivity contribution in [3.05, 3.63) is 41.5 Å². The molecule has 6 heteroatoms. The molecule has 25 heavy (non-hydrogen) atoms. The number of carbonyl (C=O) groups is 1. The fourth-order valence-electron chi connectivity index (χ4n) is 3.16. The molecule has 1 N–H and O–H groups in total. The van der Waals surface area contributed by atoms with Crippen molar-refractivity contribution in [1.82, 2.24) is 15.5 Å². The summed E-state index contributed by atoms with van der Waals surface area (Å²) in [6.07, 6.45) is 6.16. The Balaban J connectivity index is 1.43. The summed E-state index contributed by atoms with van der Waals surface area (Å²) in [7, 11) is 1.67. The normalized spacial score (nSPS) is 15.4. The van der Waals surface area contributed by atoms with E-state index in [1.54, 1.807) is 14.0 Å². The van der Waals surface area contributed by atoms with Crippen LogP contribution in [0.3, 0.4) is 0 Å². The van der Waals surface area contributed by atoms with Crippen LogP contribution in [-0.2, 0) is 16.8 Å². The SMILES string of the molecule is COc1ccc(CCCCC(=O)NC2(c3noc(C)n3)CCC2)cc1. The van der Waals surface area contributed by atoms with Crippen molar-refractivity contribution in [2.24, 2.45) is 0 Å². The number of rotatable bonds is 8. The second-order valence-corrected chi connectivity index (χ2v) is 6.68. The van der Waals surface area contributed by atoms with E-state index in [1.165, 1.54) is 5.56 Å². The number of methoxy groups -OCH3 is 1. The predicted molar refractivity (Wildman–Crippen MR) is 93.3 cm³/mol. The summed E-state index contributed by atoms with van der Waals surface area (Å²) in [6, 6.07) is 8.08. The lowest BCUT2D eigenvalue weighted by Gasteiger charge is -2.39. The Morgan fingerprint density at radius 3 is 2.60 bits per heavy atom. The minimum absolute atomic E-state index is 0.0666. The van der Waals surface area contributed by atoms with Crippen LogP contribution in [0.15, 0.2) is 28.8 Å². The van der Waals surface area contributed by atoms with Crippen molar-refractivity contribution < 1.29 is 14.1 Å². The molecule has 1 saturated carbocycles. The quantitative estimate of drug-likeness (QED) is 0.744. The Labute approximate surface area is 148 Å². The van der Waals surface area contributed by atoms with Gasteiger partial charge in [0.2, 0.25) is 11.8 Å². The molecule has 0 bridgehead atoms. The van der Waals surface area contributed by atoms with Gasteiger partial charge in [-0.3, -0.25) is 4.79 Å². The first-order chi connectivity index (χ1) is 12.1. The molecule has 0 unspecified atom stereocenters. The molecular weight excluding hydrogens is 318 g/mol. The molecule has 0 aliphatic heterocycles. The minimum Gasteiger partial charge on any atom is -0.497 e. The molecule has 2 aromatic rings. The minimum atomic E-state index is -0.412. The number of carbonyl (C=O) groups excluding carboxylic acids is 1. The summed E-state index contributed by atoms with van der Waals surface area (Å²) < 4.78 is 10.2. The van der Waals surface area contributed by atoms with E-state index >= 15 is 0 Å². The van der Waals surface area contributed by atoms with Gasteiger partial charge in [-0.2, -0.15) is 4.98 Å². The van der Waals surface area contributed by atoms with Gasteiger partial charge in [-0.05, 0) is 56.2 Å². The van der Waals surface area contributed by atoms with Crippen LogP contribution in [0.2, 0.25) is 0 Å². The van der Waals surface area contributed by atoms with Crippen molar-refractivity contribution in [3.63, 3.8) is 0 Å². The monoisotopic (exact) mass is 343 g/mol. The van der Waals surface area contributed by atoms with E-state index in [-0.39, 0.29) is 5.91 Å². The predicted octanol–water partition coefficient (Wildman–Crippen LogP) is 3.30. The Morgan fingerprint density at radius 1 is 1.28 bits per heavy atom. The summed E-state index contributed by atoms with van der Waals surface area (Å²) in [4.78, 5) is 16.6. The van der Waals surface area contributed by atoms with Gasteiger partial charge in [0.15, 0.2) is 5.82 Å². The Morgan fingerprint density at radius 2 is 2.04 bits per heavy atom. The Kier molecular flexibility index (Phi) is 5.36. The molecule has 0 atom stereocenters. The third-order valence-corrected chi connectivity index (χ3v) is 4.82. The zero-order valence-corrected chi connectivity index (χ0v) is 14.9. The number of aryl methyl sites for hydroxylation is 2. The van der Waals surface area contributed by atoms with Crippen LogP contribution in [0.4, 0.5) is 0 Å². The highest BCUT2D eigenvalue weighted by atomic mass is 16.5. The van der Waals surface area contributed by atoms with Gasteiger partial charge in [-0.1, -0.05) is 17.3 Å². The second kappa shape index (κ2) is 7.68. The van der Waals surface area contributed by atoms with E-state index in [2.05, 4.69) is 27.6 Å². The maximum atomic E-state index is 12.3. The maximum Gasteiger partial charge on any atom is 0.223 e. The zero-order valence-electron chi connectivity index (χ0n) is 14.9. The van der Waals surface area contributed by atoms with Crippen LogP contribution >= 0.6 is 0 Å². The van der Waals surface area contributed by atoms with Crippen molar-refractivity contribution >= 4 is 5.91 Å². The van der Waals surface area contributed by atoms with Crippen molar-refractivity contribution in [2.45, 2.75) is 57.4 Å². The molecule has 134 valence electrons. The second-order valence-electron chi connectivity index (χ2n) is 6.68. The van der Waals surface area contributed by atoms with E-state index in [9.17, 15) is 4.79 Å². The summed E-state index contributed by atoms with van der Waals surface area (Å²) >= 11 is 0. The van der Waals surface area contributed by atoms with Gasteiger partial charge in [0.05, 0.1) is 7.11 Å². The summed E-state index contributed by atoms with van der Waals surface area (Å²) in [5.41, 5.74) is 0.851. The van der Waals surface area contributed by atoms with Gasteiger partial charge in [0.1, 0.15) is 11.3 Å². The van der Waals surface area contributed by atoms with Crippen LogP contribution in [0, 0.1) is 6.92 Å². The van der Waals surface area contributed by atoms with E-state index in [4.69, 9.17) is 9.26 Å². The first-order valence-electron chi connectivity index (χ1n) is 8.86. The van der Waals surface area contributed by atoms with Gasteiger partial charge in [0.25, 0.3) is 0 Å². The molecule has 1 aliphatic rings. The number of ether oxygens (including phenoxy) is 1. The van der Waals surface area contributed by atoms with Crippen molar-refractivity contribution in [1.29, 1.82) is 0 Å². The summed E-state index contributed by atoms with van der Waals surface area (Å²) in [5, 5.41) is 7.13. The standard InChI is InChI=1S/C19H25N3O3/c1-14-20-18(22-25-14)19(12-5-13-19)21-17(23)7-4-3-6-15-8-10-16(24-2)11-9-15/h8-11H,3-7,12-13H2,1-2H3,(H,21,23). The van der Waals surface area contributed by atoms with E-state index in [0.29, 0.717) is 18.1 Å². The van der Waals surface area contributed by atoms with E-state index < -0.39 is 5.54 Å². The molecule has 0 spiro atoms. The largest absolute Gasteiger partial charge is 0.497 e. The number of hydrogen-bond acceptors (Lipinski definition) is 5. The third kappa shape index (κ3) is 4.18. The molecular formula is C19H25N3O3. The molecule has 6 nitrogen and oxygen atoms in total. The smallest absolute Gasteiger partial charge is 0.223 e. The summed E-state index contributed by atoms with van der Waals surface area (Å²) in [6.45, 7) is 1.77. The Bertz CT molecular complexity index is 705. The number of nitrogens with one attached hydrogen (secondary N) is 1. The molecule has 1 amide bonds. The first kappa shape index (κ1) is 17.5.